The number of furan rings is 1. The molecule has 1 N–H and O–H groups in total. The second kappa shape index (κ2) is 3.43. The molecule has 0 aliphatic rings. The molecule has 0 aromatic carbocycles. The van der Waals surface area contributed by atoms with Crippen molar-refractivity contribution in [3.05, 3.63) is 28.6 Å². The first-order valence-corrected chi connectivity index (χ1v) is 4.42. The molecule has 0 unspecified atom stereocenters. The quantitative estimate of drug-likeness (QED) is 0.853. The van der Waals surface area contributed by atoms with Gasteiger partial charge in [0.15, 0.2) is 5.76 Å². The van der Waals surface area contributed by atoms with E-state index in [9.17, 15) is 4.79 Å². The molecule has 2 aromatic heterocycles. The third-order valence-electron chi connectivity index (χ3n) is 1.80. The smallest absolute Gasteiger partial charge is 0.359 e. The number of aryl methyl sites for hydroxylation is 1. The van der Waals surface area contributed by atoms with Crippen molar-refractivity contribution in [3.8, 4) is 11.5 Å². The summed E-state index contributed by atoms with van der Waals surface area (Å²) in [6.07, 6.45) is 0. The van der Waals surface area contributed by atoms with Gasteiger partial charge in [-0.25, -0.2) is 4.79 Å². The van der Waals surface area contributed by atoms with Crippen LogP contribution in [0.2, 0.25) is 5.02 Å². The summed E-state index contributed by atoms with van der Waals surface area (Å²) < 4.78 is 10.0. The van der Waals surface area contributed by atoms with Gasteiger partial charge in [-0.1, -0.05) is 16.8 Å². The molecule has 2 heterocycles. The van der Waals surface area contributed by atoms with E-state index in [0.29, 0.717) is 11.5 Å². The molecule has 6 heteroatoms. The van der Waals surface area contributed by atoms with Crippen LogP contribution in [0.25, 0.3) is 11.5 Å². The Bertz CT molecular complexity index is 514. The van der Waals surface area contributed by atoms with Crippen LogP contribution in [0.5, 0.6) is 0 Å². The van der Waals surface area contributed by atoms with Crippen molar-refractivity contribution in [2.75, 3.05) is 0 Å². The summed E-state index contributed by atoms with van der Waals surface area (Å²) in [4.78, 5) is 10.6. The Labute approximate surface area is 89.2 Å². The highest BCUT2D eigenvalue weighted by atomic mass is 35.5. The Morgan fingerprint density at radius 3 is 2.73 bits per heavy atom. The molecule has 0 fully saturated rings. The molecule has 5 nitrogen and oxygen atoms in total. The topological polar surface area (TPSA) is 76.5 Å². The summed E-state index contributed by atoms with van der Waals surface area (Å²) >= 11 is 5.77. The minimum Gasteiger partial charge on any atom is -0.476 e. The summed E-state index contributed by atoms with van der Waals surface area (Å²) in [7, 11) is 0. The average Bonchev–Trinajstić information content (AvgIpc) is 2.71. The molecule has 78 valence electrons. The van der Waals surface area contributed by atoms with E-state index in [1.165, 1.54) is 0 Å². The third-order valence-corrected chi connectivity index (χ3v) is 2.15. The standard InChI is InChI=1S/C9H6ClNO4/c1-4-2-3-5(14-4)8-6(10)7(9(12)13)11-15-8/h2-3H,1H3,(H,12,13). The van der Waals surface area contributed by atoms with Gasteiger partial charge in [0.2, 0.25) is 11.5 Å². The maximum atomic E-state index is 10.6. The molecule has 0 spiro atoms. The Kier molecular flexibility index (Phi) is 2.24. The molecule has 2 aromatic rings. The van der Waals surface area contributed by atoms with Gasteiger partial charge in [-0.05, 0) is 19.1 Å². The molecule has 15 heavy (non-hydrogen) atoms. The SMILES string of the molecule is Cc1ccc(-c2onc(C(=O)O)c2Cl)o1. The first-order valence-electron chi connectivity index (χ1n) is 4.05. The summed E-state index contributed by atoms with van der Waals surface area (Å²) in [5, 5.41) is 12.0. The lowest BCUT2D eigenvalue weighted by molar-refractivity contribution is 0.0686. The van der Waals surface area contributed by atoms with E-state index in [4.69, 9.17) is 25.6 Å². The monoisotopic (exact) mass is 227 g/mol. The predicted octanol–water partition coefficient (Wildman–Crippen LogP) is 2.59. The number of aromatic carboxylic acids is 1. The Hall–Kier alpha value is -1.75. The number of carboxylic acids is 1. The number of carbonyl (C=O) groups is 1. The lowest BCUT2D eigenvalue weighted by Crippen LogP contribution is -1.96. The van der Waals surface area contributed by atoms with Crippen LogP contribution in [0.1, 0.15) is 16.2 Å². The van der Waals surface area contributed by atoms with E-state index >= 15 is 0 Å². The second-order valence-electron chi connectivity index (χ2n) is 2.89. The molecule has 0 radical (unpaired) electrons. The Balaban J connectivity index is 2.50. The van der Waals surface area contributed by atoms with E-state index < -0.39 is 5.97 Å². The first kappa shape index (κ1) is 9.79. The Morgan fingerprint density at radius 2 is 2.27 bits per heavy atom. The van der Waals surface area contributed by atoms with E-state index in [2.05, 4.69) is 5.16 Å². The molecule has 2 rings (SSSR count). The highest BCUT2D eigenvalue weighted by Gasteiger charge is 2.22. The predicted molar refractivity (Wildman–Crippen MR) is 50.9 cm³/mol. The van der Waals surface area contributed by atoms with Crippen LogP contribution in [0, 0.1) is 6.92 Å². The van der Waals surface area contributed by atoms with Crippen LogP contribution in [0.3, 0.4) is 0 Å². The van der Waals surface area contributed by atoms with Crippen molar-refractivity contribution in [1.29, 1.82) is 0 Å². The van der Waals surface area contributed by atoms with Crippen molar-refractivity contribution < 1.29 is 18.8 Å². The van der Waals surface area contributed by atoms with Crippen molar-refractivity contribution in [2.24, 2.45) is 0 Å². The van der Waals surface area contributed by atoms with Crippen molar-refractivity contribution in [3.63, 3.8) is 0 Å². The average molecular weight is 228 g/mol. The molecule has 0 saturated carbocycles. The van der Waals surface area contributed by atoms with Gasteiger partial charge in [-0.3, -0.25) is 0 Å². The molecular formula is C9H6ClNO4. The fraction of sp³-hybridized carbons (Fsp3) is 0.111. The van der Waals surface area contributed by atoms with Crippen LogP contribution < -0.4 is 0 Å². The van der Waals surface area contributed by atoms with Gasteiger partial charge in [0.05, 0.1) is 0 Å². The summed E-state index contributed by atoms with van der Waals surface area (Å²) in [5.41, 5.74) is -0.319. The van der Waals surface area contributed by atoms with Crippen LogP contribution in [0.4, 0.5) is 0 Å². The number of carboxylic acid groups (broad SMARTS) is 1. The van der Waals surface area contributed by atoms with E-state index in [1.54, 1.807) is 19.1 Å². The Morgan fingerprint density at radius 1 is 1.53 bits per heavy atom. The molecule has 0 bridgehead atoms. The van der Waals surface area contributed by atoms with Gasteiger partial charge in [-0.2, -0.15) is 0 Å². The zero-order valence-corrected chi connectivity index (χ0v) is 8.41. The molecule has 0 aliphatic heterocycles. The normalized spacial score (nSPS) is 10.5. The minimum atomic E-state index is -1.24. The van der Waals surface area contributed by atoms with Crippen LogP contribution in [0.15, 0.2) is 21.1 Å². The number of nitrogens with zero attached hydrogens (tertiary/aromatic N) is 1. The minimum absolute atomic E-state index is 0.0585. The fourth-order valence-corrected chi connectivity index (χ4v) is 1.36. The maximum Gasteiger partial charge on any atom is 0.359 e. The second-order valence-corrected chi connectivity index (χ2v) is 3.27. The summed E-state index contributed by atoms with van der Waals surface area (Å²) in [6, 6.07) is 3.35. The number of halogens is 1. The highest BCUT2D eigenvalue weighted by Crippen LogP contribution is 2.31. The molecule has 0 amide bonds. The van der Waals surface area contributed by atoms with Gasteiger partial charge in [0, 0.05) is 0 Å². The zero-order chi connectivity index (χ0) is 11.0. The van der Waals surface area contributed by atoms with E-state index in [1.807, 2.05) is 0 Å². The van der Waals surface area contributed by atoms with Gasteiger partial charge in [0.25, 0.3) is 0 Å². The molecule has 0 aliphatic carbocycles. The molecule has 0 saturated heterocycles. The van der Waals surface area contributed by atoms with Crippen LogP contribution in [-0.4, -0.2) is 16.2 Å². The van der Waals surface area contributed by atoms with Gasteiger partial charge >= 0.3 is 5.97 Å². The van der Waals surface area contributed by atoms with Gasteiger partial charge in [0.1, 0.15) is 10.8 Å². The zero-order valence-electron chi connectivity index (χ0n) is 7.65. The largest absolute Gasteiger partial charge is 0.476 e. The van der Waals surface area contributed by atoms with E-state index in [0.717, 1.165) is 0 Å². The summed E-state index contributed by atoms with van der Waals surface area (Å²) in [5.74, 6) is -0.0766. The number of aromatic nitrogens is 1. The lowest BCUT2D eigenvalue weighted by atomic mass is 10.3. The van der Waals surface area contributed by atoms with Crippen molar-refractivity contribution in [1.82, 2.24) is 5.16 Å². The van der Waals surface area contributed by atoms with E-state index in [-0.39, 0.29) is 16.5 Å². The lowest BCUT2D eigenvalue weighted by Gasteiger charge is -1.89. The number of rotatable bonds is 2. The number of hydrogen-bond donors (Lipinski definition) is 1. The highest BCUT2D eigenvalue weighted by molar-refractivity contribution is 6.35. The van der Waals surface area contributed by atoms with Gasteiger partial charge < -0.3 is 14.0 Å². The third kappa shape index (κ3) is 1.61. The molecule has 0 atom stereocenters. The summed E-state index contributed by atoms with van der Waals surface area (Å²) in [6.45, 7) is 1.76. The van der Waals surface area contributed by atoms with Crippen molar-refractivity contribution >= 4 is 17.6 Å². The van der Waals surface area contributed by atoms with Crippen LogP contribution >= 0.6 is 11.6 Å². The fourth-order valence-electron chi connectivity index (χ4n) is 1.12. The number of hydrogen-bond acceptors (Lipinski definition) is 4. The first-order chi connectivity index (χ1) is 7.09. The van der Waals surface area contributed by atoms with Crippen LogP contribution in [-0.2, 0) is 0 Å². The van der Waals surface area contributed by atoms with Gasteiger partial charge in [-0.15, -0.1) is 0 Å². The molecular weight excluding hydrogens is 222 g/mol. The van der Waals surface area contributed by atoms with Crippen molar-refractivity contribution in [2.45, 2.75) is 6.92 Å². The maximum absolute atomic E-state index is 10.6.